The Balaban J connectivity index is 2.19. The molecule has 17 heavy (non-hydrogen) atoms. The molecule has 0 aliphatic carbocycles. The van der Waals surface area contributed by atoms with E-state index in [4.69, 9.17) is 4.74 Å². The summed E-state index contributed by atoms with van der Waals surface area (Å²) in [6, 6.07) is -0.105. The zero-order valence-corrected chi connectivity index (χ0v) is 9.80. The monoisotopic (exact) mass is 235 g/mol. The van der Waals surface area contributed by atoms with Crippen LogP contribution in [-0.4, -0.2) is 37.7 Å². The Bertz CT molecular complexity index is 484. The minimum absolute atomic E-state index is 0.105. The lowest BCUT2D eigenvalue weighted by Crippen LogP contribution is -2.11. The standard InChI is InChI=1S/C9H13N7O/c1-5-7(10-4-11-9(5)17-3)12-6(2)8-13-15-16-14-8/h4,6H,1-3H3,(H,10,11,12)(H,13,14,15,16). The van der Waals surface area contributed by atoms with Crippen LogP contribution >= 0.6 is 0 Å². The smallest absolute Gasteiger partial charge is 0.221 e. The van der Waals surface area contributed by atoms with Crippen LogP contribution < -0.4 is 10.1 Å². The Hall–Kier alpha value is -2.25. The van der Waals surface area contributed by atoms with Crippen LogP contribution in [0.15, 0.2) is 6.33 Å². The van der Waals surface area contributed by atoms with Crippen molar-refractivity contribution in [3.63, 3.8) is 0 Å². The van der Waals surface area contributed by atoms with E-state index in [1.54, 1.807) is 7.11 Å². The highest BCUT2D eigenvalue weighted by Crippen LogP contribution is 2.22. The van der Waals surface area contributed by atoms with E-state index in [0.717, 1.165) is 5.56 Å². The van der Waals surface area contributed by atoms with Gasteiger partial charge in [-0.2, -0.15) is 5.21 Å². The molecule has 0 saturated heterocycles. The highest BCUT2D eigenvalue weighted by molar-refractivity contribution is 5.48. The average molecular weight is 235 g/mol. The molecule has 1 unspecified atom stereocenters. The Morgan fingerprint density at radius 2 is 2.24 bits per heavy atom. The lowest BCUT2D eigenvalue weighted by Gasteiger charge is -2.13. The molecule has 0 aliphatic rings. The lowest BCUT2D eigenvalue weighted by atomic mass is 10.2. The summed E-state index contributed by atoms with van der Waals surface area (Å²) in [5, 5.41) is 16.9. The van der Waals surface area contributed by atoms with E-state index in [1.807, 2.05) is 13.8 Å². The van der Waals surface area contributed by atoms with Crippen molar-refractivity contribution in [1.82, 2.24) is 30.6 Å². The third-order valence-corrected chi connectivity index (χ3v) is 2.33. The summed E-state index contributed by atoms with van der Waals surface area (Å²) in [5.41, 5.74) is 0.838. The highest BCUT2D eigenvalue weighted by atomic mass is 16.5. The van der Waals surface area contributed by atoms with Gasteiger partial charge in [-0.25, -0.2) is 9.97 Å². The molecule has 2 heterocycles. The van der Waals surface area contributed by atoms with Gasteiger partial charge < -0.3 is 10.1 Å². The quantitative estimate of drug-likeness (QED) is 0.794. The summed E-state index contributed by atoms with van der Waals surface area (Å²) in [5.74, 6) is 1.80. The Morgan fingerprint density at radius 3 is 2.88 bits per heavy atom. The minimum atomic E-state index is -0.105. The largest absolute Gasteiger partial charge is 0.481 e. The van der Waals surface area contributed by atoms with E-state index in [9.17, 15) is 0 Å². The number of aromatic amines is 1. The first-order valence-corrected chi connectivity index (χ1v) is 5.08. The van der Waals surface area contributed by atoms with E-state index in [1.165, 1.54) is 6.33 Å². The van der Waals surface area contributed by atoms with Gasteiger partial charge in [-0.3, -0.25) is 0 Å². The first-order valence-electron chi connectivity index (χ1n) is 5.08. The fourth-order valence-electron chi connectivity index (χ4n) is 1.41. The van der Waals surface area contributed by atoms with E-state index in [2.05, 4.69) is 35.9 Å². The van der Waals surface area contributed by atoms with E-state index in [0.29, 0.717) is 17.5 Å². The van der Waals surface area contributed by atoms with E-state index in [-0.39, 0.29) is 6.04 Å². The topological polar surface area (TPSA) is 102 Å². The maximum Gasteiger partial charge on any atom is 0.221 e. The summed E-state index contributed by atoms with van der Waals surface area (Å²) >= 11 is 0. The number of hydrogen-bond acceptors (Lipinski definition) is 7. The lowest BCUT2D eigenvalue weighted by molar-refractivity contribution is 0.393. The molecule has 0 aromatic carbocycles. The van der Waals surface area contributed by atoms with Crippen LogP contribution in [0.2, 0.25) is 0 Å². The summed E-state index contributed by atoms with van der Waals surface area (Å²) < 4.78 is 5.12. The van der Waals surface area contributed by atoms with Gasteiger partial charge in [0.15, 0.2) is 5.82 Å². The number of nitrogens with one attached hydrogen (secondary N) is 2. The van der Waals surface area contributed by atoms with Crippen molar-refractivity contribution in [2.45, 2.75) is 19.9 Å². The van der Waals surface area contributed by atoms with Crippen molar-refractivity contribution >= 4 is 5.82 Å². The number of hydrogen-bond donors (Lipinski definition) is 2. The molecule has 90 valence electrons. The van der Waals surface area contributed by atoms with Crippen LogP contribution in [0.5, 0.6) is 5.88 Å². The maximum atomic E-state index is 5.12. The number of methoxy groups -OCH3 is 1. The fourth-order valence-corrected chi connectivity index (χ4v) is 1.41. The van der Waals surface area contributed by atoms with Crippen LogP contribution in [0.25, 0.3) is 0 Å². The first-order chi connectivity index (χ1) is 8.22. The minimum Gasteiger partial charge on any atom is -0.481 e. The molecule has 0 aliphatic heterocycles. The molecule has 0 saturated carbocycles. The van der Waals surface area contributed by atoms with Crippen molar-refractivity contribution in [2.75, 3.05) is 12.4 Å². The van der Waals surface area contributed by atoms with Crippen LogP contribution in [0.4, 0.5) is 5.82 Å². The molecule has 2 rings (SSSR count). The molecule has 8 heteroatoms. The van der Waals surface area contributed by atoms with Crippen LogP contribution in [-0.2, 0) is 0 Å². The average Bonchev–Trinajstić information content (AvgIpc) is 2.85. The molecule has 0 bridgehead atoms. The summed E-state index contributed by atoms with van der Waals surface area (Å²) in [4.78, 5) is 8.15. The summed E-state index contributed by atoms with van der Waals surface area (Å²) in [6.45, 7) is 3.79. The molecule has 0 fully saturated rings. The van der Waals surface area contributed by atoms with Crippen molar-refractivity contribution in [2.24, 2.45) is 0 Å². The number of H-pyrrole nitrogens is 1. The van der Waals surface area contributed by atoms with Crippen molar-refractivity contribution in [3.05, 3.63) is 17.7 Å². The molecular formula is C9H13N7O. The first kappa shape index (κ1) is 11.2. The third-order valence-electron chi connectivity index (χ3n) is 2.33. The molecule has 0 radical (unpaired) electrons. The van der Waals surface area contributed by atoms with Crippen molar-refractivity contribution < 1.29 is 4.74 Å². The van der Waals surface area contributed by atoms with Gasteiger partial charge in [0, 0.05) is 0 Å². The van der Waals surface area contributed by atoms with Gasteiger partial charge in [0.05, 0.1) is 18.7 Å². The van der Waals surface area contributed by atoms with Gasteiger partial charge >= 0.3 is 0 Å². The zero-order chi connectivity index (χ0) is 12.3. The third kappa shape index (κ3) is 2.30. The van der Waals surface area contributed by atoms with Gasteiger partial charge in [0.1, 0.15) is 12.1 Å². The molecule has 1 atom stereocenters. The van der Waals surface area contributed by atoms with Gasteiger partial charge in [-0.05, 0) is 13.8 Å². The molecule has 0 spiro atoms. The highest BCUT2D eigenvalue weighted by Gasteiger charge is 2.13. The predicted molar refractivity (Wildman–Crippen MR) is 59.5 cm³/mol. The fraction of sp³-hybridized carbons (Fsp3) is 0.444. The molecule has 2 N–H and O–H groups in total. The van der Waals surface area contributed by atoms with Crippen LogP contribution in [0.3, 0.4) is 0 Å². The number of tetrazole rings is 1. The second-order valence-electron chi connectivity index (χ2n) is 3.49. The maximum absolute atomic E-state index is 5.12. The number of anilines is 1. The van der Waals surface area contributed by atoms with Gasteiger partial charge in [0.25, 0.3) is 0 Å². The SMILES string of the molecule is COc1ncnc(NC(C)c2nn[nH]n2)c1C. The van der Waals surface area contributed by atoms with Crippen LogP contribution in [0, 0.1) is 6.92 Å². The normalized spacial score (nSPS) is 12.2. The summed E-state index contributed by atoms with van der Waals surface area (Å²) in [6.07, 6.45) is 1.44. The van der Waals surface area contributed by atoms with Gasteiger partial charge in [0.2, 0.25) is 5.88 Å². The zero-order valence-electron chi connectivity index (χ0n) is 9.80. The van der Waals surface area contributed by atoms with E-state index < -0.39 is 0 Å². The molecular weight excluding hydrogens is 222 g/mol. The Kier molecular flexibility index (Phi) is 3.12. The molecule has 2 aromatic heterocycles. The second-order valence-corrected chi connectivity index (χ2v) is 3.49. The Morgan fingerprint density at radius 1 is 1.41 bits per heavy atom. The van der Waals surface area contributed by atoms with Gasteiger partial charge in [-0.1, -0.05) is 5.21 Å². The van der Waals surface area contributed by atoms with E-state index >= 15 is 0 Å². The predicted octanol–water partition coefficient (Wildman–Crippen LogP) is 0.480. The summed E-state index contributed by atoms with van der Waals surface area (Å²) in [7, 11) is 1.57. The number of rotatable bonds is 4. The number of ether oxygens (including phenoxy) is 1. The van der Waals surface area contributed by atoms with Crippen LogP contribution in [0.1, 0.15) is 24.4 Å². The van der Waals surface area contributed by atoms with Crippen molar-refractivity contribution in [1.29, 1.82) is 0 Å². The number of aromatic nitrogens is 6. The Labute approximate surface area is 97.8 Å². The second kappa shape index (κ2) is 4.73. The molecule has 0 amide bonds. The molecule has 8 nitrogen and oxygen atoms in total. The van der Waals surface area contributed by atoms with Crippen molar-refractivity contribution in [3.8, 4) is 5.88 Å². The number of nitrogens with zero attached hydrogens (tertiary/aromatic N) is 5. The molecule has 2 aromatic rings. The van der Waals surface area contributed by atoms with Gasteiger partial charge in [-0.15, -0.1) is 10.2 Å².